The van der Waals surface area contributed by atoms with E-state index >= 15 is 0 Å². The molecule has 0 spiro atoms. The molecule has 5 heteroatoms. The van der Waals surface area contributed by atoms with Gasteiger partial charge in [-0.1, -0.05) is 12.1 Å². The normalized spacial score (nSPS) is 13.8. The van der Waals surface area contributed by atoms with Gasteiger partial charge in [0, 0.05) is 37.2 Å². The number of aromatic nitrogens is 1. The smallest absolute Gasteiger partial charge is 0.260 e. The zero-order valence-corrected chi connectivity index (χ0v) is 14.0. The molecule has 1 aromatic heterocycles. The number of carbonyl (C=O) groups is 1. The highest BCUT2D eigenvalue weighted by atomic mass is 19.1. The Balaban J connectivity index is 1.50. The van der Waals surface area contributed by atoms with Crippen LogP contribution in [0, 0.1) is 5.82 Å². The van der Waals surface area contributed by atoms with Crippen LogP contribution in [0.2, 0.25) is 0 Å². The van der Waals surface area contributed by atoms with Crippen LogP contribution < -0.4 is 4.74 Å². The van der Waals surface area contributed by atoms with Crippen molar-refractivity contribution in [1.82, 2.24) is 9.47 Å². The second kappa shape index (κ2) is 6.24. The van der Waals surface area contributed by atoms with Crippen LogP contribution in [0.3, 0.4) is 0 Å². The number of rotatable bonds is 3. The molecule has 0 saturated heterocycles. The standard InChI is InChI=1S/C20H19FN2O2/c1-22-11-15-9-10-23(12-14-3-2-4-18(22)20(14)15)19(24)13-25-17-7-5-16(21)6-8-17/h2-8,11H,9-10,12-13H2,1H3. The van der Waals surface area contributed by atoms with Gasteiger partial charge in [0.15, 0.2) is 6.61 Å². The maximum absolute atomic E-state index is 12.9. The van der Waals surface area contributed by atoms with E-state index in [2.05, 4.69) is 29.9 Å². The molecule has 128 valence electrons. The molecule has 0 bridgehead atoms. The van der Waals surface area contributed by atoms with E-state index in [-0.39, 0.29) is 18.3 Å². The van der Waals surface area contributed by atoms with Crippen molar-refractivity contribution in [3.8, 4) is 5.75 Å². The van der Waals surface area contributed by atoms with E-state index in [1.165, 1.54) is 46.3 Å². The zero-order chi connectivity index (χ0) is 17.4. The summed E-state index contributed by atoms with van der Waals surface area (Å²) in [5, 5.41) is 1.26. The van der Waals surface area contributed by atoms with Gasteiger partial charge in [-0.3, -0.25) is 4.79 Å². The van der Waals surface area contributed by atoms with E-state index in [1.807, 2.05) is 11.0 Å². The molecular weight excluding hydrogens is 319 g/mol. The molecule has 4 rings (SSSR count). The quantitative estimate of drug-likeness (QED) is 0.734. The summed E-state index contributed by atoms with van der Waals surface area (Å²) in [6.45, 7) is 1.21. The van der Waals surface area contributed by atoms with E-state index in [1.54, 1.807) is 0 Å². The average Bonchev–Trinajstić information content (AvgIpc) is 2.83. The SMILES string of the molecule is Cn1cc2c3c(cccc31)CN(C(=O)COc1ccc(F)cc1)CC2. The topological polar surface area (TPSA) is 34.5 Å². The lowest BCUT2D eigenvalue weighted by molar-refractivity contribution is -0.133. The highest BCUT2D eigenvalue weighted by Crippen LogP contribution is 2.28. The first-order valence-electron chi connectivity index (χ1n) is 8.34. The molecule has 3 aromatic rings. The van der Waals surface area contributed by atoms with Gasteiger partial charge in [-0.05, 0) is 47.9 Å². The van der Waals surface area contributed by atoms with E-state index in [4.69, 9.17) is 4.74 Å². The fraction of sp³-hybridized carbons (Fsp3) is 0.250. The van der Waals surface area contributed by atoms with Gasteiger partial charge in [0.1, 0.15) is 11.6 Å². The van der Waals surface area contributed by atoms with Crippen molar-refractivity contribution in [2.45, 2.75) is 13.0 Å². The second-order valence-electron chi connectivity index (χ2n) is 6.38. The summed E-state index contributed by atoms with van der Waals surface area (Å²) >= 11 is 0. The van der Waals surface area contributed by atoms with Gasteiger partial charge in [-0.2, -0.15) is 0 Å². The van der Waals surface area contributed by atoms with Crippen molar-refractivity contribution in [3.05, 3.63) is 65.6 Å². The van der Waals surface area contributed by atoms with Crippen LogP contribution in [0.25, 0.3) is 10.9 Å². The largest absolute Gasteiger partial charge is 0.484 e. The lowest BCUT2D eigenvalue weighted by Gasteiger charge is -2.21. The lowest BCUT2D eigenvalue weighted by atomic mass is 10.1. The van der Waals surface area contributed by atoms with Crippen molar-refractivity contribution in [3.63, 3.8) is 0 Å². The molecule has 0 unspecified atom stereocenters. The fourth-order valence-electron chi connectivity index (χ4n) is 3.46. The average molecular weight is 338 g/mol. The molecule has 0 fully saturated rings. The molecule has 2 aromatic carbocycles. The molecule has 1 amide bonds. The molecular formula is C20H19FN2O2. The Hall–Kier alpha value is -2.82. The Morgan fingerprint density at radius 1 is 1.16 bits per heavy atom. The molecule has 2 heterocycles. The summed E-state index contributed by atoms with van der Waals surface area (Å²) in [6.07, 6.45) is 2.98. The van der Waals surface area contributed by atoms with Crippen molar-refractivity contribution in [2.24, 2.45) is 7.05 Å². The van der Waals surface area contributed by atoms with Crippen LogP contribution in [0.15, 0.2) is 48.7 Å². The third kappa shape index (κ3) is 2.97. The molecule has 0 N–H and O–H groups in total. The summed E-state index contributed by atoms with van der Waals surface area (Å²) in [5.74, 6) is 0.115. The van der Waals surface area contributed by atoms with Gasteiger partial charge in [-0.15, -0.1) is 0 Å². The third-order valence-corrected chi connectivity index (χ3v) is 4.72. The van der Waals surface area contributed by atoms with Crippen LogP contribution in [0.5, 0.6) is 5.75 Å². The van der Waals surface area contributed by atoms with E-state index in [9.17, 15) is 9.18 Å². The van der Waals surface area contributed by atoms with Gasteiger partial charge in [0.25, 0.3) is 5.91 Å². The molecule has 4 nitrogen and oxygen atoms in total. The monoisotopic (exact) mass is 338 g/mol. The second-order valence-corrected chi connectivity index (χ2v) is 6.38. The predicted molar refractivity (Wildman–Crippen MR) is 93.9 cm³/mol. The van der Waals surface area contributed by atoms with Crippen molar-refractivity contribution < 1.29 is 13.9 Å². The minimum absolute atomic E-state index is 0.0421. The number of carbonyl (C=O) groups excluding carboxylic acids is 1. The minimum Gasteiger partial charge on any atom is -0.484 e. The molecule has 0 radical (unpaired) electrons. The van der Waals surface area contributed by atoms with Crippen molar-refractivity contribution >= 4 is 16.8 Å². The highest BCUT2D eigenvalue weighted by Gasteiger charge is 2.22. The van der Waals surface area contributed by atoms with Crippen LogP contribution >= 0.6 is 0 Å². The van der Waals surface area contributed by atoms with E-state index in [0.29, 0.717) is 18.8 Å². The van der Waals surface area contributed by atoms with Gasteiger partial charge < -0.3 is 14.2 Å². The van der Waals surface area contributed by atoms with Gasteiger partial charge >= 0.3 is 0 Å². The first kappa shape index (κ1) is 15.7. The zero-order valence-electron chi connectivity index (χ0n) is 14.0. The van der Waals surface area contributed by atoms with Crippen molar-refractivity contribution in [2.75, 3.05) is 13.2 Å². The molecule has 25 heavy (non-hydrogen) atoms. The maximum Gasteiger partial charge on any atom is 0.260 e. The Labute approximate surface area is 145 Å². The van der Waals surface area contributed by atoms with E-state index < -0.39 is 0 Å². The van der Waals surface area contributed by atoms with Crippen LogP contribution in [-0.4, -0.2) is 28.5 Å². The Kier molecular flexibility index (Phi) is 3.92. The molecule has 0 atom stereocenters. The summed E-state index contributed by atoms with van der Waals surface area (Å²) in [6, 6.07) is 11.9. The molecule has 0 aliphatic carbocycles. The number of halogens is 1. The summed E-state index contributed by atoms with van der Waals surface area (Å²) in [7, 11) is 2.05. The van der Waals surface area contributed by atoms with E-state index in [0.717, 1.165) is 6.42 Å². The maximum atomic E-state index is 12.9. The van der Waals surface area contributed by atoms with Crippen molar-refractivity contribution in [1.29, 1.82) is 0 Å². The fourth-order valence-corrected chi connectivity index (χ4v) is 3.46. The number of hydrogen-bond acceptors (Lipinski definition) is 2. The Morgan fingerprint density at radius 3 is 2.76 bits per heavy atom. The number of hydrogen-bond donors (Lipinski definition) is 0. The molecule has 0 saturated carbocycles. The van der Waals surface area contributed by atoms with Gasteiger partial charge in [0.2, 0.25) is 0 Å². The minimum atomic E-state index is -0.322. The van der Waals surface area contributed by atoms with Crippen LogP contribution in [-0.2, 0) is 24.8 Å². The predicted octanol–water partition coefficient (Wildman–Crippen LogP) is 3.28. The Bertz CT molecular complexity index is 931. The summed E-state index contributed by atoms with van der Waals surface area (Å²) in [5.41, 5.74) is 3.65. The summed E-state index contributed by atoms with van der Waals surface area (Å²) in [4.78, 5) is 14.4. The summed E-state index contributed by atoms with van der Waals surface area (Å²) < 4.78 is 20.6. The lowest BCUT2D eigenvalue weighted by Crippen LogP contribution is -2.35. The van der Waals surface area contributed by atoms with Crippen LogP contribution in [0.1, 0.15) is 11.1 Å². The first-order chi connectivity index (χ1) is 12.1. The number of amides is 1. The van der Waals surface area contributed by atoms with Gasteiger partial charge in [0.05, 0.1) is 0 Å². The number of aryl methyl sites for hydroxylation is 1. The third-order valence-electron chi connectivity index (χ3n) is 4.72. The van der Waals surface area contributed by atoms with Crippen LogP contribution in [0.4, 0.5) is 4.39 Å². The molecule has 1 aliphatic rings. The first-order valence-corrected chi connectivity index (χ1v) is 8.34. The number of nitrogens with zero attached hydrogens (tertiary/aromatic N) is 2. The molecule has 1 aliphatic heterocycles. The highest BCUT2D eigenvalue weighted by molar-refractivity contribution is 5.88. The van der Waals surface area contributed by atoms with Gasteiger partial charge in [-0.25, -0.2) is 4.39 Å². The number of ether oxygens (including phenoxy) is 1. The number of benzene rings is 2. The Morgan fingerprint density at radius 2 is 1.96 bits per heavy atom.